The van der Waals surface area contributed by atoms with Crippen LogP contribution in [0.3, 0.4) is 0 Å². The number of nitrogens with one attached hydrogen (secondary N) is 2. The Labute approximate surface area is 63.4 Å². The van der Waals surface area contributed by atoms with E-state index < -0.39 is 0 Å². The molecule has 59 valence electrons. The summed E-state index contributed by atoms with van der Waals surface area (Å²) >= 11 is 0. The molecule has 0 aromatic carbocycles. The summed E-state index contributed by atoms with van der Waals surface area (Å²) in [6.45, 7) is 7.76. The first kappa shape index (κ1) is 8.02. The third kappa shape index (κ3) is 2.67. The predicted octanol–water partition coefficient (Wildman–Crippen LogP) is 0.552. The van der Waals surface area contributed by atoms with Crippen molar-refractivity contribution in [1.29, 1.82) is 0 Å². The maximum absolute atomic E-state index is 3.47. The summed E-state index contributed by atoms with van der Waals surface area (Å²) in [6.07, 6.45) is 1.22. The fourth-order valence-electron chi connectivity index (χ4n) is 1.35. The normalized spacial score (nSPS) is 27.3. The zero-order valence-electron chi connectivity index (χ0n) is 6.91. The molecule has 1 fully saturated rings. The SMILES string of the molecule is C[C](C)CC1CNCCN1. The van der Waals surface area contributed by atoms with E-state index in [1.807, 2.05) is 0 Å². The molecular weight excluding hydrogens is 124 g/mol. The topological polar surface area (TPSA) is 24.1 Å². The van der Waals surface area contributed by atoms with E-state index in [1.54, 1.807) is 0 Å². The van der Waals surface area contributed by atoms with Gasteiger partial charge in [-0.3, -0.25) is 0 Å². The van der Waals surface area contributed by atoms with Crippen LogP contribution in [0.5, 0.6) is 0 Å². The Morgan fingerprint density at radius 3 is 2.70 bits per heavy atom. The van der Waals surface area contributed by atoms with Crippen LogP contribution in [0.1, 0.15) is 20.3 Å². The van der Waals surface area contributed by atoms with Crippen molar-refractivity contribution in [2.45, 2.75) is 26.3 Å². The van der Waals surface area contributed by atoms with Crippen molar-refractivity contribution < 1.29 is 0 Å². The van der Waals surface area contributed by atoms with E-state index in [0.717, 1.165) is 19.6 Å². The zero-order valence-corrected chi connectivity index (χ0v) is 6.91. The molecule has 1 heterocycles. The van der Waals surface area contributed by atoms with Crippen LogP contribution in [0.2, 0.25) is 0 Å². The van der Waals surface area contributed by atoms with Crippen LogP contribution in [-0.2, 0) is 0 Å². The van der Waals surface area contributed by atoms with Crippen LogP contribution >= 0.6 is 0 Å². The maximum atomic E-state index is 3.47. The summed E-state index contributed by atoms with van der Waals surface area (Å²) < 4.78 is 0. The second kappa shape index (κ2) is 3.94. The van der Waals surface area contributed by atoms with Gasteiger partial charge in [-0.25, -0.2) is 0 Å². The third-order valence-corrected chi connectivity index (χ3v) is 1.78. The Morgan fingerprint density at radius 2 is 2.20 bits per heavy atom. The van der Waals surface area contributed by atoms with Crippen LogP contribution in [0.4, 0.5) is 0 Å². The van der Waals surface area contributed by atoms with Gasteiger partial charge < -0.3 is 10.6 Å². The lowest BCUT2D eigenvalue weighted by atomic mass is 10.0. The highest BCUT2D eigenvalue weighted by atomic mass is 15.0. The smallest absolute Gasteiger partial charge is 0.0198 e. The molecule has 2 N–H and O–H groups in total. The minimum Gasteiger partial charge on any atom is -0.314 e. The van der Waals surface area contributed by atoms with Crippen LogP contribution < -0.4 is 10.6 Å². The molecule has 1 radical (unpaired) electrons. The van der Waals surface area contributed by atoms with Crippen LogP contribution in [0.25, 0.3) is 0 Å². The lowest BCUT2D eigenvalue weighted by Gasteiger charge is -2.25. The number of hydrogen-bond donors (Lipinski definition) is 2. The molecule has 1 unspecified atom stereocenters. The highest BCUT2D eigenvalue weighted by Gasteiger charge is 2.12. The van der Waals surface area contributed by atoms with Gasteiger partial charge in [0.05, 0.1) is 0 Å². The van der Waals surface area contributed by atoms with Crippen molar-refractivity contribution in [3.63, 3.8) is 0 Å². The fourth-order valence-corrected chi connectivity index (χ4v) is 1.35. The molecule has 0 spiro atoms. The van der Waals surface area contributed by atoms with E-state index >= 15 is 0 Å². The van der Waals surface area contributed by atoms with Gasteiger partial charge in [0.2, 0.25) is 0 Å². The second-order valence-electron chi connectivity index (χ2n) is 3.27. The van der Waals surface area contributed by atoms with Crippen LogP contribution in [0, 0.1) is 5.92 Å². The van der Waals surface area contributed by atoms with Crippen LogP contribution in [0.15, 0.2) is 0 Å². The Kier molecular flexibility index (Phi) is 3.16. The molecule has 1 aliphatic rings. The van der Waals surface area contributed by atoms with E-state index in [4.69, 9.17) is 0 Å². The lowest BCUT2D eigenvalue weighted by Crippen LogP contribution is -2.48. The molecule has 1 atom stereocenters. The fraction of sp³-hybridized carbons (Fsp3) is 0.875. The van der Waals surface area contributed by atoms with Crippen molar-refractivity contribution in [3.8, 4) is 0 Å². The second-order valence-corrected chi connectivity index (χ2v) is 3.27. The van der Waals surface area contributed by atoms with Gasteiger partial charge in [-0.1, -0.05) is 13.8 Å². The van der Waals surface area contributed by atoms with E-state index in [9.17, 15) is 0 Å². The molecule has 1 aliphatic heterocycles. The lowest BCUT2D eigenvalue weighted by molar-refractivity contribution is 0.405. The molecule has 0 aliphatic carbocycles. The number of piperazine rings is 1. The highest BCUT2D eigenvalue weighted by molar-refractivity contribution is 4.87. The molecule has 0 saturated carbocycles. The molecular formula is C8H17N2. The molecule has 0 aromatic rings. The van der Waals surface area contributed by atoms with Crippen molar-refractivity contribution >= 4 is 0 Å². The zero-order chi connectivity index (χ0) is 7.40. The van der Waals surface area contributed by atoms with Gasteiger partial charge in [0, 0.05) is 25.7 Å². The molecule has 2 nitrogen and oxygen atoms in total. The summed E-state index contributed by atoms with van der Waals surface area (Å²) in [5, 5.41) is 6.83. The van der Waals surface area contributed by atoms with Gasteiger partial charge in [0.15, 0.2) is 0 Å². The minimum absolute atomic E-state index is 0.679. The first-order valence-corrected chi connectivity index (χ1v) is 4.02. The Balaban J connectivity index is 2.13. The summed E-state index contributed by atoms with van der Waals surface area (Å²) in [7, 11) is 0. The Morgan fingerprint density at radius 1 is 1.40 bits per heavy atom. The molecule has 2 heteroatoms. The monoisotopic (exact) mass is 141 g/mol. The average molecular weight is 141 g/mol. The Bertz CT molecular complexity index is 85.3. The van der Waals surface area contributed by atoms with Crippen molar-refractivity contribution in [2.75, 3.05) is 19.6 Å². The molecule has 10 heavy (non-hydrogen) atoms. The van der Waals surface area contributed by atoms with Gasteiger partial charge >= 0.3 is 0 Å². The third-order valence-electron chi connectivity index (χ3n) is 1.78. The van der Waals surface area contributed by atoms with E-state index in [2.05, 4.69) is 24.5 Å². The summed E-state index contributed by atoms with van der Waals surface area (Å²) in [4.78, 5) is 0. The molecule has 0 bridgehead atoms. The van der Waals surface area contributed by atoms with Crippen molar-refractivity contribution in [3.05, 3.63) is 5.92 Å². The van der Waals surface area contributed by atoms with E-state index in [-0.39, 0.29) is 0 Å². The molecule has 0 amide bonds. The van der Waals surface area contributed by atoms with Gasteiger partial charge in [-0.15, -0.1) is 0 Å². The van der Waals surface area contributed by atoms with Crippen molar-refractivity contribution in [1.82, 2.24) is 10.6 Å². The predicted molar refractivity (Wildman–Crippen MR) is 43.9 cm³/mol. The molecule has 1 rings (SSSR count). The first-order chi connectivity index (χ1) is 4.79. The summed E-state index contributed by atoms with van der Waals surface area (Å²) in [6, 6.07) is 0.679. The Hall–Kier alpha value is -0.0800. The van der Waals surface area contributed by atoms with Gasteiger partial charge in [-0.05, 0) is 12.3 Å². The first-order valence-electron chi connectivity index (χ1n) is 4.02. The van der Waals surface area contributed by atoms with Gasteiger partial charge in [0.1, 0.15) is 0 Å². The van der Waals surface area contributed by atoms with Gasteiger partial charge in [0.25, 0.3) is 0 Å². The quantitative estimate of drug-likeness (QED) is 0.587. The summed E-state index contributed by atoms with van der Waals surface area (Å²) in [5.41, 5.74) is 0. The minimum atomic E-state index is 0.679. The van der Waals surface area contributed by atoms with E-state index in [1.165, 1.54) is 12.3 Å². The average Bonchev–Trinajstić information content (AvgIpc) is 1.88. The molecule has 0 aromatic heterocycles. The van der Waals surface area contributed by atoms with Gasteiger partial charge in [-0.2, -0.15) is 0 Å². The summed E-state index contributed by atoms with van der Waals surface area (Å²) in [5.74, 6) is 1.52. The number of hydrogen-bond acceptors (Lipinski definition) is 2. The highest BCUT2D eigenvalue weighted by Crippen LogP contribution is 2.06. The number of rotatable bonds is 2. The van der Waals surface area contributed by atoms with Crippen LogP contribution in [-0.4, -0.2) is 25.7 Å². The van der Waals surface area contributed by atoms with E-state index in [0.29, 0.717) is 6.04 Å². The van der Waals surface area contributed by atoms with Crippen molar-refractivity contribution in [2.24, 2.45) is 0 Å². The maximum Gasteiger partial charge on any atom is 0.0198 e. The standard InChI is InChI=1S/C8H17N2/c1-7(2)5-8-6-9-3-4-10-8/h8-10H,3-6H2,1-2H3. The molecule has 1 saturated heterocycles. The largest absolute Gasteiger partial charge is 0.314 e.